The van der Waals surface area contributed by atoms with Crippen LogP contribution in [0.2, 0.25) is 0 Å². The number of aromatic carboxylic acids is 1. The summed E-state index contributed by atoms with van der Waals surface area (Å²) in [5, 5.41) is 17.7. The molecule has 0 unspecified atom stereocenters. The number of carbonyl (C=O) groups is 1. The third kappa shape index (κ3) is 3.36. The van der Waals surface area contributed by atoms with Crippen LogP contribution < -0.4 is 0 Å². The minimum Gasteiger partial charge on any atom is -0.477 e. The SMILES string of the molecule is CC(C)N(CCO)S(=O)(=O)c1ccc(F)c(C(=O)O)c1F. The maximum Gasteiger partial charge on any atom is 0.341 e. The fourth-order valence-corrected chi connectivity index (χ4v) is 3.51. The van der Waals surface area contributed by atoms with E-state index >= 15 is 0 Å². The molecule has 118 valence electrons. The molecule has 0 radical (unpaired) electrons. The summed E-state index contributed by atoms with van der Waals surface area (Å²) < 4.78 is 52.8. The summed E-state index contributed by atoms with van der Waals surface area (Å²) in [5.41, 5.74) is -1.33. The fourth-order valence-electron chi connectivity index (χ4n) is 1.81. The third-order valence-electron chi connectivity index (χ3n) is 2.75. The molecule has 1 aromatic rings. The van der Waals surface area contributed by atoms with Crippen LogP contribution in [0, 0.1) is 11.6 Å². The quantitative estimate of drug-likeness (QED) is 0.816. The predicted octanol–water partition coefficient (Wildman–Crippen LogP) is 1.05. The van der Waals surface area contributed by atoms with Crippen molar-refractivity contribution in [3.63, 3.8) is 0 Å². The van der Waals surface area contributed by atoms with Gasteiger partial charge in [0.15, 0.2) is 5.82 Å². The van der Waals surface area contributed by atoms with Gasteiger partial charge in [0, 0.05) is 12.6 Å². The second-order valence-electron chi connectivity index (χ2n) is 4.47. The fraction of sp³-hybridized carbons (Fsp3) is 0.417. The number of benzene rings is 1. The lowest BCUT2D eigenvalue weighted by molar-refractivity contribution is 0.0685. The normalized spacial score (nSPS) is 12.1. The van der Waals surface area contributed by atoms with Gasteiger partial charge in [-0.05, 0) is 26.0 Å². The number of nitrogens with zero attached hydrogens (tertiary/aromatic N) is 1. The third-order valence-corrected chi connectivity index (χ3v) is 4.85. The van der Waals surface area contributed by atoms with Gasteiger partial charge in [0.05, 0.1) is 6.61 Å². The summed E-state index contributed by atoms with van der Waals surface area (Å²) in [6.45, 7) is 2.23. The predicted molar refractivity (Wildman–Crippen MR) is 69.4 cm³/mol. The summed E-state index contributed by atoms with van der Waals surface area (Å²) in [7, 11) is -4.40. The van der Waals surface area contributed by atoms with E-state index in [-0.39, 0.29) is 6.54 Å². The van der Waals surface area contributed by atoms with E-state index < -0.39 is 50.7 Å². The Morgan fingerprint density at radius 3 is 2.33 bits per heavy atom. The Hall–Kier alpha value is -1.58. The lowest BCUT2D eigenvalue weighted by Crippen LogP contribution is -2.39. The van der Waals surface area contributed by atoms with Crippen LogP contribution in [0.5, 0.6) is 0 Å². The van der Waals surface area contributed by atoms with E-state index in [1.54, 1.807) is 0 Å². The summed E-state index contributed by atoms with van der Waals surface area (Å²) in [6, 6.07) is 0.649. The van der Waals surface area contributed by atoms with Gasteiger partial charge in [-0.25, -0.2) is 22.0 Å². The first-order valence-corrected chi connectivity index (χ1v) is 7.42. The van der Waals surface area contributed by atoms with Gasteiger partial charge in [-0.3, -0.25) is 0 Å². The topological polar surface area (TPSA) is 94.9 Å². The molecule has 1 rings (SSSR count). The average molecular weight is 323 g/mol. The minimum absolute atomic E-state index is 0.292. The number of aliphatic hydroxyl groups excluding tert-OH is 1. The molecule has 0 aromatic heterocycles. The Morgan fingerprint density at radius 1 is 1.33 bits per heavy atom. The van der Waals surface area contributed by atoms with Crippen molar-refractivity contribution in [2.24, 2.45) is 0 Å². The van der Waals surface area contributed by atoms with Crippen LogP contribution in [0.15, 0.2) is 17.0 Å². The molecule has 0 heterocycles. The lowest BCUT2D eigenvalue weighted by atomic mass is 10.2. The van der Waals surface area contributed by atoms with E-state index in [1.807, 2.05) is 0 Å². The first kappa shape index (κ1) is 17.5. The zero-order valence-corrected chi connectivity index (χ0v) is 12.2. The summed E-state index contributed by atoms with van der Waals surface area (Å²) in [4.78, 5) is 9.88. The second-order valence-corrected chi connectivity index (χ2v) is 6.33. The van der Waals surface area contributed by atoms with Crippen molar-refractivity contribution in [3.05, 3.63) is 29.3 Å². The Labute approximate surface area is 120 Å². The number of sulfonamides is 1. The lowest BCUT2D eigenvalue weighted by Gasteiger charge is -2.25. The molecule has 0 atom stereocenters. The van der Waals surface area contributed by atoms with Crippen LogP contribution in [0.1, 0.15) is 24.2 Å². The molecule has 21 heavy (non-hydrogen) atoms. The maximum atomic E-state index is 14.1. The van der Waals surface area contributed by atoms with E-state index in [0.717, 1.165) is 4.31 Å². The van der Waals surface area contributed by atoms with E-state index in [0.29, 0.717) is 12.1 Å². The maximum absolute atomic E-state index is 14.1. The molecule has 6 nitrogen and oxygen atoms in total. The van der Waals surface area contributed by atoms with E-state index in [9.17, 15) is 22.0 Å². The molecule has 0 fully saturated rings. The van der Waals surface area contributed by atoms with Crippen molar-refractivity contribution in [1.29, 1.82) is 0 Å². The summed E-state index contributed by atoms with van der Waals surface area (Å²) in [6.07, 6.45) is 0. The van der Waals surface area contributed by atoms with Gasteiger partial charge in [0.25, 0.3) is 0 Å². The first-order chi connectivity index (χ1) is 9.64. The molecular weight excluding hydrogens is 308 g/mol. The Kier molecular flexibility index (Phi) is 5.37. The van der Waals surface area contributed by atoms with Crippen molar-refractivity contribution >= 4 is 16.0 Å². The van der Waals surface area contributed by atoms with Gasteiger partial charge in [-0.2, -0.15) is 4.31 Å². The second kappa shape index (κ2) is 6.46. The molecule has 1 aromatic carbocycles. The number of carboxylic acid groups (broad SMARTS) is 1. The molecule has 0 amide bonds. The summed E-state index contributed by atoms with van der Waals surface area (Å²) in [5.74, 6) is -4.93. The number of aliphatic hydroxyl groups is 1. The smallest absolute Gasteiger partial charge is 0.341 e. The van der Waals surface area contributed by atoms with Gasteiger partial charge in [0.2, 0.25) is 10.0 Å². The number of carboxylic acids is 1. The van der Waals surface area contributed by atoms with Gasteiger partial charge >= 0.3 is 5.97 Å². The van der Waals surface area contributed by atoms with Crippen molar-refractivity contribution in [2.75, 3.05) is 13.2 Å². The van der Waals surface area contributed by atoms with Crippen LogP contribution in [0.4, 0.5) is 8.78 Å². The molecule has 0 saturated heterocycles. The Bertz CT molecular complexity index is 645. The first-order valence-electron chi connectivity index (χ1n) is 5.98. The highest BCUT2D eigenvalue weighted by Crippen LogP contribution is 2.25. The zero-order valence-electron chi connectivity index (χ0n) is 11.4. The Balaban J connectivity index is 3.52. The molecule has 0 aliphatic heterocycles. The average Bonchev–Trinajstić information content (AvgIpc) is 2.34. The van der Waals surface area contributed by atoms with Crippen molar-refractivity contribution < 1.29 is 32.2 Å². The largest absolute Gasteiger partial charge is 0.477 e. The number of hydrogen-bond donors (Lipinski definition) is 2. The Morgan fingerprint density at radius 2 is 1.90 bits per heavy atom. The number of rotatable bonds is 6. The van der Waals surface area contributed by atoms with Crippen molar-refractivity contribution in [2.45, 2.75) is 24.8 Å². The molecular formula is C12H15F2NO5S. The zero-order chi connectivity index (χ0) is 16.4. The van der Waals surface area contributed by atoms with Gasteiger partial charge in [0.1, 0.15) is 16.3 Å². The molecule has 0 saturated carbocycles. The molecule has 0 bridgehead atoms. The summed E-state index contributed by atoms with van der Waals surface area (Å²) >= 11 is 0. The molecule has 9 heteroatoms. The number of hydrogen-bond acceptors (Lipinski definition) is 4. The van der Waals surface area contributed by atoms with Gasteiger partial charge in [-0.15, -0.1) is 0 Å². The van der Waals surface area contributed by atoms with Gasteiger partial charge in [-0.1, -0.05) is 0 Å². The highest BCUT2D eigenvalue weighted by Gasteiger charge is 2.32. The van der Waals surface area contributed by atoms with Crippen LogP contribution in [0.3, 0.4) is 0 Å². The van der Waals surface area contributed by atoms with E-state index in [2.05, 4.69) is 0 Å². The molecule has 0 aliphatic carbocycles. The van der Waals surface area contributed by atoms with Crippen molar-refractivity contribution in [1.82, 2.24) is 4.31 Å². The van der Waals surface area contributed by atoms with Crippen LogP contribution in [-0.4, -0.2) is 48.1 Å². The minimum atomic E-state index is -4.40. The van der Waals surface area contributed by atoms with E-state index in [1.165, 1.54) is 13.8 Å². The molecule has 2 N–H and O–H groups in total. The van der Waals surface area contributed by atoms with Crippen molar-refractivity contribution in [3.8, 4) is 0 Å². The van der Waals surface area contributed by atoms with Crippen LogP contribution in [-0.2, 0) is 10.0 Å². The molecule has 0 spiro atoms. The van der Waals surface area contributed by atoms with Crippen LogP contribution >= 0.6 is 0 Å². The number of halogens is 2. The van der Waals surface area contributed by atoms with Crippen LogP contribution in [0.25, 0.3) is 0 Å². The monoisotopic (exact) mass is 323 g/mol. The standard InChI is InChI=1S/C12H15F2NO5S/c1-7(2)15(5-6-16)21(19,20)9-4-3-8(13)10(11(9)14)12(17)18/h3-4,7,16H,5-6H2,1-2H3,(H,17,18). The highest BCUT2D eigenvalue weighted by atomic mass is 32.2. The molecule has 0 aliphatic rings. The van der Waals surface area contributed by atoms with Gasteiger partial charge < -0.3 is 10.2 Å². The van der Waals surface area contributed by atoms with E-state index in [4.69, 9.17) is 10.2 Å². The highest BCUT2D eigenvalue weighted by molar-refractivity contribution is 7.89.